The zero-order chi connectivity index (χ0) is 12.5. The highest BCUT2D eigenvalue weighted by Crippen LogP contribution is 2.37. The number of likely N-dealkylation sites (tertiary alicyclic amines) is 1. The molecule has 1 aromatic heterocycles. The maximum absolute atomic E-state index is 9.63. The fourth-order valence-corrected chi connectivity index (χ4v) is 3.56. The van der Waals surface area contributed by atoms with Crippen LogP contribution in [-0.2, 0) is 6.42 Å². The highest BCUT2D eigenvalue weighted by atomic mass is 16.3. The summed E-state index contributed by atoms with van der Waals surface area (Å²) in [6.45, 7) is 5.51. The third kappa shape index (κ3) is 2.57. The van der Waals surface area contributed by atoms with Crippen molar-refractivity contribution in [3.63, 3.8) is 0 Å². The van der Waals surface area contributed by atoms with Gasteiger partial charge in [0.05, 0.1) is 6.10 Å². The van der Waals surface area contributed by atoms with Crippen LogP contribution in [0.4, 0.5) is 0 Å². The van der Waals surface area contributed by atoms with Gasteiger partial charge in [-0.05, 0) is 43.7 Å². The number of aromatic nitrogens is 1. The highest BCUT2D eigenvalue weighted by molar-refractivity contribution is 5.10. The largest absolute Gasteiger partial charge is 0.393 e. The van der Waals surface area contributed by atoms with Gasteiger partial charge in [0.1, 0.15) is 0 Å². The summed E-state index contributed by atoms with van der Waals surface area (Å²) in [4.78, 5) is 7.10. The van der Waals surface area contributed by atoms with Crippen LogP contribution in [0.15, 0.2) is 18.2 Å². The second-order valence-corrected chi connectivity index (χ2v) is 5.93. The van der Waals surface area contributed by atoms with E-state index in [9.17, 15) is 5.11 Å². The molecule has 1 saturated heterocycles. The van der Waals surface area contributed by atoms with Gasteiger partial charge in [-0.3, -0.25) is 4.98 Å². The van der Waals surface area contributed by atoms with E-state index in [1.54, 1.807) is 0 Å². The second-order valence-electron chi connectivity index (χ2n) is 5.93. The van der Waals surface area contributed by atoms with Gasteiger partial charge in [0, 0.05) is 37.4 Å². The zero-order valence-corrected chi connectivity index (χ0v) is 11.0. The van der Waals surface area contributed by atoms with Crippen LogP contribution in [-0.4, -0.2) is 40.7 Å². The number of nitrogens with zero attached hydrogens (tertiary/aromatic N) is 2. The van der Waals surface area contributed by atoms with Gasteiger partial charge in [0.25, 0.3) is 0 Å². The zero-order valence-electron chi connectivity index (χ0n) is 11.0. The van der Waals surface area contributed by atoms with E-state index in [1.807, 2.05) is 13.0 Å². The number of rotatable bonds is 3. The maximum Gasteiger partial charge on any atom is 0.0546 e. The molecule has 2 fully saturated rings. The average molecular weight is 246 g/mol. The summed E-state index contributed by atoms with van der Waals surface area (Å²) in [5.41, 5.74) is 2.31. The minimum absolute atomic E-state index is 0.0272. The summed E-state index contributed by atoms with van der Waals surface area (Å²) < 4.78 is 0. The standard InChI is InChI=1S/C15H22N2O/c1-11-3-2-4-14(16-11)5-6-17-9-12-7-15(18)8-13(12)10-17/h2-4,12-13,15,18H,5-10H2,1H3/t12-,13+,15?. The molecule has 3 atom stereocenters. The van der Waals surface area contributed by atoms with Crippen LogP contribution < -0.4 is 0 Å². The Bertz CT molecular complexity index is 407. The van der Waals surface area contributed by atoms with Crippen molar-refractivity contribution in [2.45, 2.75) is 32.3 Å². The molecular formula is C15H22N2O. The molecule has 1 unspecified atom stereocenters. The van der Waals surface area contributed by atoms with Crippen LogP contribution in [0.1, 0.15) is 24.2 Å². The summed E-state index contributed by atoms with van der Waals surface area (Å²) in [6, 6.07) is 6.26. The normalized spacial score (nSPS) is 31.8. The SMILES string of the molecule is Cc1cccc(CCN2C[C@H]3CC(O)C[C@H]3C2)n1. The lowest BCUT2D eigenvalue weighted by Gasteiger charge is -2.17. The molecule has 2 aliphatic rings. The van der Waals surface area contributed by atoms with Gasteiger partial charge >= 0.3 is 0 Å². The molecule has 18 heavy (non-hydrogen) atoms. The fraction of sp³-hybridized carbons (Fsp3) is 0.667. The van der Waals surface area contributed by atoms with Gasteiger partial charge in [-0.25, -0.2) is 0 Å². The van der Waals surface area contributed by atoms with E-state index < -0.39 is 0 Å². The van der Waals surface area contributed by atoms with Crippen LogP contribution in [0, 0.1) is 18.8 Å². The van der Waals surface area contributed by atoms with Crippen molar-refractivity contribution in [3.05, 3.63) is 29.6 Å². The van der Waals surface area contributed by atoms with Crippen molar-refractivity contribution in [3.8, 4) is 0 Å². The number of hydrogen-bond donors (Lipinski definition) is 1. The van der Waals surface area contributed by atoms with Crippen LogP contribution in [0.2, 0.25) is 0 Å². The van der Waals surface area contributed by atoms with E-state index in [1.165, 1.54) is 18.8 Å². The van der Waals surface area contributed by atoms with E-state index >= 15 is 0 Å². The molecule has 3 rings (SSSR count). The number of pyridine rings is 1. The lowest BCUT2D eigenvalue weighted by molar-refractivity contribution is 0.162. The molecule has 0 radical (unpaired) electrons. The van der Waals surface area contributed by atoms with E-state index in [0.717, 1.165) is 43.3 Å². The summed E-state index contributed by atoms with van der Waals surface area (Å²) in [5, 5.41) is 9.63. The number of aliphatic hydroxyl groups is 1. The Morgan fingerprint density at radius 1 is 1.28 bits per heavy atom. The molecule has 1 aromatic rings. The van der Waals surface area contributed by atoms with Crippen molar-refractivity contribution in [2.24, 2.45) is 11.8 Å². The molecule has 1 aliphatic carbocycles. The summed E-state index contributed by atoms with van der Waals surface area (Å²) in [6.07, 6.45) is 3.05. The third-order valence-corrected chi connectivity index (χ3v) is 4.43. The monoisotopic (exact) mass is 246 g/mol. The lowest BCUT2D eigenvalue weighted by atomic mass is 10.0. The van der Waals surface area contributed by atoms with Gasteiger partial charge in [-0.2, -0.15) is 0 Å². The summed E-state index contributed by atoms with van der Waals surface area (Å²) >= 11 is 0. The third-order valence-electron chi connectivity index (χ3n) is 4.43. The van der Waals surface area contributed by atoms with Gasteiger partial charge < -0.3 is 10.0 Å². The van der Waals surface area contributed by atoms with Crippen LogP contribution in [0.5, 0.6) is 0 Å². The molecule has 3 nitrogen and oxygen atoms in total. The van der Waals surface area contributed by atoms with Gasteiger partial charge in [0.15, 0.2) is 0 Å². The number of hydrogen-bond acceptors (Lipinski definition) is 3. The Kier molecular flexibility index (Phi) is 3.35. The van der Waals surface area contributed by atoms with Gasteiger partial charge in [-0.1, -0.05) is 6.07 Å². The van der Waals surface area contributed by atoms with Gasteiger partial charge in [-0.15, -0.1) is 0 Å². The molecule has 0 spiro atoms. The molecule has 1 aliphatic heterocycles. The molecule has 0 aromatic carbocycles. The minimum Gasteiger partial charge on any atom is -0.393 e. The molecule has 0 bridgehead atoms. The predicted octanol–water partition coefficient (Wildman–Crippen LogP) is 1.64. The van der Waals surface area contributed by atoms with E-state index in [-0.39, 0.29) is 6.10 Å². The Morgan fingerprint density at radius 3 is 2.67 bits per heavy atom. The number of fused-ring (bicyclic) bond motifs is 1. The number of aliphatic hydroxyl groups excluding tert-OH is 1. The second kappa shape index (κ2) is 4.98. The molecule has 1 N–H and O–H groups in total. The fourth-order valence-electron chi connectivity index (χ4n) is 3.56. The minimum atomic E-state index is -0.0272. The molecule has 0 amide bonds. The smallest absolute Gasteiger partial charge is 0.0546 e. The van der Waals surface area contributed by atoms with Crippen LogP contribution in [0.3, 0.4) is 0 Å². The Morgan fingerprint density at radius 2 is 2.00 bits per heavy atom. The topological polar surface area (TPSA) is 36.4 Å². The molecular weight excluding hydrogens is 224 g/mol. The Labute approximate surface area is 109 Å². The first-order chi connectivity index (χ1) is 8.70. The maximum atomic E-state index is 9.63. The Balaban J connectivity index is 1.51. The molecule has 2 heterocycles. The van der Waals surface area contributed by atoms with Crippen molar-refractivity contribution < 1.29 is 5.11 Å². The van der Waals surface area contributed by atoms with Crippen LogP contribution >= 0.6 is 0 Å². The van der Waals surface area contributed by atoms with Gasteiger partial charge in [0.2, 0.25) is 0 Å². The highest BCUT2D eigenvalue weighted by Gasteiger charge is 2.39. The number of aryl methyl sites for hydroxylation is 1. The first-order valence-corrected chi connectivity index (χ1v) is 7.03. The molecule has 3 heteroatoms. The summed E-state index contributed by atoms with van der Waals surface area (Å²) in [7, 11) is 0. The summed E-state index contributed by atoms with van der Waals surface area (Å²) in [5.74, 6) is 1.48. The predicted molar refractivity (Wildman–Crippen MR) is 71.3 cm³/mol. The van der Waals surface area contributed by atoms with Crippen molar-refractivity contribution in [1.29, 1.82) is 0 Å². The average Bonchev–Trinajstić information content (AvgIpc) is 2.83. The van der Waals surface area contributed by atoms with Crippen molar-refractivity contribution in [1.82, 2.24) is 9.88 Å². The van der Waals surface area contributed by atoms with E-state index in [2.05, 4.69) is 22.0 Å². The van der Waals surface area contributed by atoms with Crippen LogP contribution in [0.25, 0.3) is 0 Å². The quantitative estimate of drug-likeness (QED) is 0.880. The van der Waals surface area contributed by atoms with E-state index in [0.29, 0.717) is 0 Å². The molecule has 98 valence electrons. The Hall–Kier alpha value is -0.930. The van der Waals surface area contributed by atoms with E-state index in [4.69, 9.17) is 0 Å². The first-order valence-electron chi connectivity index (χ1n) is 7.03. The van der Waals surface area contributed by atoms with Crippen molar-refractivity contribution >= 4 is 0 Å². The van der Waals surface area contributed by atoms with Crippen molar-refractivity contribution in [2.75, 3.05) is 19.6 Å². The lowest BCUT2D eigenvalue weighted by Crippen LogP contribution is -2.25. The first kappa shape index (κ1) is 12.1. The molecule has 1 saturated carbocycles.